The maximum atomic E-state index is 11.8. The van der Waals surface area contributed by atoms with Gasteiger partial charge in [-0.3, -0.25) is 4.79 Å². The standard InChI is InChI=1S/C15H25N3O2/c1-10(2)17-14(19)9-18(5)12-7-6-8-13(15(12)16)20-11(3)4/h6-8,10-11H,9,16H2,1-5H3,(H,17,19). The van der Waals surface area contributed by atoms with Gasteiger partial charge in [0.2, 0.25) is 5.91 Å². The average Bonchev–Trinajstić information content (AvgIpc) is 2.29. The van der Waals surface area contributed by atoms with Crippen LogP contribution in [0.1, 0.15) is 27.7 Å². The molecule has 0 atom stereocenters. The zero-order valence-corrected chi connectivity index (χ0v) is 12.9. The van der Waals surface area contributed by atoms with E-state index in [1.165, 1.54) is 0 Å². The van der Waals surface area contributed by atoms with Crippen molar-refractivity contribution in [2.75, 3.05) is 24.2 Å². The second kappa shape index (κ2) is 7.03. The monoisotopic (exact) mass is 279 g/mol. The van der Waals surface area contributed by atoms with E-state index < -0.39 is 0 Å². The minimum Gasteiger partial charge on any atom is -0.489 e. The van der Waals surface area contributed by atoms with Gasteiger partial charge in [-0.2, -0.15) is 0 Å². The van der Waals surface area contributed by atoms with Gasteiger partial charge in [0.1, 0.15) is 5.75 Å². The Morgan fingerprint density at radius 2 is 2.00 bits per heavy atom. The van der Waals surface area contributed by atoms with Crippen LogP contribution in [-0.4, -0.2) is 31.6 Å². The van der Waals surface area contributed by atoms with Crippen LogP contribution in [0.15, 0.2) is 18.2 Å². The molecule has 3 N–H and O–H groups in total. The number of nitrogens with two attached hydrogens (primary N) is 1. The molecule has 0 aromatic heterocycles. The van der Waals surface area contributed by atoms with Gasteiger partial charge < -0.3 is 20.7 Å². The van der Waals surface area contributed by atoms with Gasteiger partial charge in [0.25, 0.3) is 0 Å². The molecule has 1 aromatic carbocycles. The van der Waals surface area contributed by atoms with Crippen LogP contribution in [0.4, 0.5) is 11.4 Å². The van der Waals surface area contributed by atoms with Crippen molar-refractivity contribution in [1.29, 1.82) is 0 Å². The number of nitrogen functional groups attached to an aromatic ring is 1. The van der Waals surface area contributed by atoms with Crippen molar-refractivity contribution in [3.8, 4) is 5.75 Å². The summed E-state index contributed by atoms with van der Waals surface area (Å²) >= 11 is 0. The van der Waals surface area contributed by atoms with E-state index in [4.69, 9.17) is 10.5 Å². The Bertz CT molecular complexity index is 458. The molecule has 0 fully saturated rings. The van der Waals surface area contributed by atoms with E-state index in [1.807, 2.05) is 57.8 Å². The molecule has 5 heteroatoms. The topological polar surface area (TPSA) is 67.6 Å². The lowest BCUT2D eigenvalue weighted by Gasteiger charge is -2.23. The van der Waals surface area contributed by atoms with E-state index in [-0.39, 0.29) is 24.6 Å². The lowest BCUT2D eigenvalue weighted by Crippen LogP contribution is -2.38. The van der Waals surface area contributed by atoms with Gasteiger partial charge in [0.15, 0.2) is 0 Å². The van der Waals surface area contributed by atoms with Crippen LogP contribution >= 0.6 is 0 Å². The first-order valence-corrected chi connectivity index (χ1v) is 6.87. The minimum atomic E-state index is -0.0305. The largest absolute Gasteiger partial charge is 0.489 e. The molecule has 0 radical (unpaired) electrons. The average molecular weight is 279 g/mol. The minimum absolute atomic E-state index is 0.0305. The highest BCUT2D eigenvalue weighted by atomic mass is 16.5. The predicted octanol–water partition coefficient (Wildman–Crippen LogP) is 2.02. The molecule has 1 rings (SSSR count). The number of likely N-dealkylation sites (N-methyl/N-ethyl adjacent to an activating group) is 1. The Morgan fingerprint density at radius 3 is 2.55 bits per heavy atom. The molecule has 0 spiro atoms. The fraction of sp³-hybridized carbons (Fsp3) is 0.533. The number of anilines is 2. The zero-order valence-electron chi connectivity index (χ0n) is 12.9. The summed E-state index contributed by atoms with van der Waals surface area (Å²) in [5.41, 5.74) is 7.46. The van der Waals surface area contributed by atoms with Crippen molar-refractivity contribution in [2.24, 2.45) is 0 Å². The smallest absolute Gasteiger partial charge is 0.239 e. The predicted molar refractivity (Wildman–Crippen MR) is 83.2 cm³/mol. The second-order valence-electron chi connectivity index (χ2n) is 5.43. The zero-order chi connectivity index (χ0) is 15.3. The Kier molecular flexibility index (Phi) is 5.67. The number of nitrogens with zero attached hydrogens (tertiary/aromatic N) is 1. The van der Waals surface area contributed by atoms with Crippen LogP contribution in [0.2, 0.25) is 0 Å². The van der Waals surface area contributed by atoms with Crippen LogP contribution in [0.25, 0.3) is 0 Å². The number of hydrogen-bond donors (Lipinski definition) is 2. The van der Waals surface area contributed by atoms with E-state index in [0.717, 1.165) is 5.69 Å². The highest BCUT2D eigenvalue weighted by molar-refractivity contribution is 5.84. The Hall–Kier alpha value is -1.91. The van der Waals surface area contributed by atoms with Crippen molar-refractivity contribution in [3.05, 3.63) is 18.2 Å². The Labute approximate surface area is 121 Å². The van der Waals surface area contributed by atoms with Crippen molar-refractivity contribution in [1.82, 2.24) is 5.32 Å². The van der Waals surface area contributed by atoms with E-state index in [9.17, 15) is 4.79 Å². The van der Waals surface area contributed by atoms with Gasteiger partial charge in [0.05, 0.1) is 24.0 Å². The number of rotatable bonds is 6. The van der Waals surface area contributed by atoms with E-state index in [0.29, 0.717) is 11.4 Å². The quantitative estimate of drug-likeness (QED) is 0.782. The normalized spacial score (nSPS) is 10.8. The maximum Gasteiger partial charge on any atom is 0.239 e. The summed E-state index contributed by atoms with van der Waals surface area (Å²) in [7, 11) is 1.84. The van der Waals surface area contributed by atoms with Crippen molar-refractivity contribution < 1.29 is 9.53 Å². The fourth-order valence-electron chi connectivity index (χ4n) is 1.89. The van der Waals surface area contributed by atoms with Crippen LogP contribution < -0.4 is 20.7 Å². The summed E-state index contributed by atoms with van der Waals surface area (Å²) in [5.74, 6) is 0.616. The third-order valence-electron chi connectivity index (χ3n) is 2.65. The molecule has 0 saturated heterocycles. The van der Waals surface area contributed by atoms with Crippen LogP contribution in [-0.2, 0) is 4.79 Å². The summed E-state index contributed by atoms with van der Waals surface area (Å²) in [4.78, 5) is 13.6. The molecule has 112 valence electrons. The molecule has 0 bridgehead atoms. The van der Waals surface area contributed by atoms with Crippen molar-refractivity contribution >= 4 is 17.3 Å². The number of carbonyl (C=O) groups is 1. The lowest BCUT2D eigenvalue weighted by molar-refractivity contribution is -0.120. The van der Waals surface area contributed by atoms with Crippen LogP contribution in [0, 0.1) is 0 Å². The molecule has 5 nitrogen and oxygen atoms in total. The van der Waals surface area contributed by atoms with Gasteiger partial charge >= 0.3 is 0 Å². The molecule has 20 heavy (non-hydrogen) atoms. The number of benzene rings is 1. The van der Waals surface area contributed by atoms with Gasteiger partial charge in [-0.05, 0) is 39.8 Å². The first-order chi connectivity index (χ1) is 9.31. The first kappa shape index (κ1) is 16.1. The molecule has 0 aliphatic carbocycles. The third-order valence-corrected chi connectivity index (χ3v) is 2.65. The third kappa shape index (κ3) is 4.64. The molecule has 0 saturated carbocycles. The molecule has 0 unspecified atom stereocenters. The number of amides is 1. The molecule has 0 aliphatic rings. The lowest BCUT2D eigenvalue weighted by atomic mass is 10.2. The number of carbonyl (C=O) groups excluding carboxylic acids is 1. The summed E-state index contributed by atoms with van der Waals surface area (Å²) in [6.07, 6.45) is 0.0575. The second-order valence-corrected chi connectivity index (χ2v) is 5.43. The van der Waals surface area contributed by atoms with Gasteiger partial charge in [-0.15, -0.1) is 0 Å². The van der Waals surface area contributed by atoms with Crippen molar-refractivity contribution in [3.63, 3.8) is 0 Å². The number of hydrogen-bond acceptors (Lipinski definition) is 4. The molecular formula is C15H25N3O2. The maximum absolute atomic E-state index is 11.8. The Balaban J connectivity index is 2.82. The van der Waals surface area contributed by atoms with Crippen molar-refractivity contribution in [2.45, 2.75) is 39.8 Å². The highest BCUT2D eigenvalue weighted by Crippen LogP contribution is 2.32. The summed E-state index contributed by atoms with van der Waals surface area (Å²) < 4.78 is 5.65. The SMILES string of the molecule is CC(C)NC(=O)CN(C)c1cccc(OC(C)C)c1N. The number of ether oxygens (including phenoxy) is 1. The molecule has 1 amide bonds. The molecule has 0 aliphatic heterocycles. The Morgan fingerprint density at radius 1 is 1.35 bits per heavy atom. The van der Waals surface area contributed by atoms with Crippen LogP contribution in [0.3, 0.4) is 0 Å². The summed E-state index contributed by atoms with van der Waals surface area (Å²) in [6, 6.07) is 5.72. The number of para-hydroxylation sites is 1. The van der Waals surface area contributed by atoms with E-state index in [2.05, 4.69) is 5.32 Å². The highest BCUT2D eigenvalue weighted by Gasteiger charge is 2.14. The van der Waals surface area contributed by atoms with Crippen LogP contribution in [0.5, 0.6) is 5.75 Å². The fourth-order valence-corrected chi connectivity index (χ4v) is 1.89. The van der Waals surface area contributed by atoms with E-state index >= 15 is 0 Å². The summed E-state index contributed by atoms with van der Waals surface area (Å²) in [6.45, 7) is 8.03. The molecule has 1 aromatic rings. The van der Waals surface area contributed by atoms with Gasteiger partial charge in [-0.1, -0.05) is 6.07 Å². The van der Waals surface area contributed by atoms with E-state index in [1.54, 1.807) is 0 Å². The molecular weight excluding hydrogens is 254 g/mol. The summed E-state index contributed by atoms with van der Waals surface area (Å²) in [5, 5.41) is 2.86. The number of nitrogens with one attached hydrogen (secondary N) is 1. The molecule has 0 heterocycles. The van der Waals surface area contributed by atoms with Gasteiger partial charge in [-0.25, -0.2) is 0 Å². The first-order valence-electron chi connectivity index (χ1n) is 6.87. The van der Waals surface area contributed by atoms with Gasteiger partial charge in [0, 0.05) is 13.1 Å².